The Kier molecular flexibility index (Phi) is 7.39. The van der Waals surface area contributed by atoms with E-state index in [1.54, 1.807) is 11.8 Å². The van der Waals surface area contributed by atoms with Gasteiger partial charge in [-0.05, 0) is 35.1 Å². The zero-order valence-electron chi connectivity index (χ0n) is 10.9. The van der Waals surface area contributed by atoms with Crippen molar-refractivity contribution in [2.75, 3.05) is 24.7 Å². The minimum atomic E-state index is 0.0384. The molecule has 1 amide bonds. The first-order valence-electron chi connectivity index (χ1n) is 6.21. The number of thiophene rings is 1. The fourth-order valence-corrected chi connectivity index (χ4v) is 3.30. The predicted molar refractivity (Wildman–Crippen MR) is 79.8 cm³/mol. The van der Waals surface area contributed by atoms with Gasteiger partial charge in [-0.3, -0.25) is 4.79 Å². The highest BCUT2D eigenvalue weighted by Gasteiger charge is 2.14. The van der Waals surface area contributed by atoms with Gasteiger partial charge in [0.05, 0.1) is 4.88 Å². The Morgan fingerprint density at radius 3 is 2.94 bits per heavy atom. The lowest BCUT2D eigenvalue weighted by atomic mass is 10.0. The van der Waals surface area contributed by atoms with Crippen LogP contribution in [0.2, 0.25) is 0 Å². The van der Waals surface area contributed by atoms with Crippen molar-refractivity contribution in [3.05, 3.63) is 21.9 Å². The molecule has 1 rings (SSSR count). The molecular weight excluding hydrogens is 266 g/mol. The van der Waals surface area contributed by atoms with E-state index in [4.69, 9.17) is 5.11 Å². The van der Waals surface area contributed by atoms with Crippen LogP contribution in [0.1, 0.15) is 41.4 Å². The van der Waals surface area contributed by atoms with Crippen LogP contribution in [-0.4, -0.2) is 35.7 Å². The third kappa shape index (κ3) is 5.00. The molecule has 0 aliphatic heterocycles. The second kappa shape index (κ2) is 8.56. The summed E-state index contributed by atoms with van der Waals surface area (Å²) in [6.45, 7) is 5.13. The molecule has 102 valence electrons. The van der Waals surface area contributed by atoms with Crippen molar-refractivity contribution in [2.45, 2.75) is 26.2 Å². The summed E-state index contributed by atoms with van der Waals surface area (Å²) in [6, 6.07) is 2.03. The van der Waals surface area contributed by atoms with E-state index in [-0.39, 0.29) is 12.5 Å². The van der Waals surface area contributed by atoms with E-state index in [2.05, 4.69) is 19.2 Å². The van der Waals surface area contributed by atoms with Crippen molar-refractivity contribution in [1.82, 2.24) is 5.32 Å². The van der Waals surface area contributed by atoms with Gasteiger partial charge in [-0.2, -0.15) is 11.8 Å². The van der Waals surface area contributed by atoms with Crippen molar-refractivity contribution >= 4 is 29.0 Å². The molecule has 0 aliphatic rings. The highest BCUT2D eigenvalue weighted by molar-refractivity contribution is 7.99. The smallest absolute Gasteiger partial charge is 0.261 e. The lowest BCUT2D eigenvalue weighted by Gasteiger charge is -2.08. The Hall–Kier alpha value is -0.520. The Bertz CT molecular complexity index is 364. The van der Waals surface area contributed by atoms with E-state index in [0.717, 1.165) is 28.4 Å². The molecule has 0 bridgehead atoms. The fourth-order valence-electron chi connectivity index (χ4n) is 1.54. The first-order valence-corrected chi connectivity index (χ1v) is 8.24. The fraction of sp³-hybridized carbons (Fsp3) is 0.615. The zero-order chi connectivity index (χ0) is 13.4. The maximum Gasteiger partial charge on any atom is 0.261 e. The summed E-state index contributed by atoms with van der Waals surface area (Å²) in [7, 11) is 0. The maximum absolute atomic E-state index is 12.0. The summed E-state index contributed by atoms with van der Waals surface area (Å²) >= 11 is 3.26. The number of rotatable bonds is 8. The third-order valence-electron chi connectivity index (χ3n) is 2.50. The number of carbonyl (C=O) groups is 1. The molecule has 0 saturated carbocycles. The van der Waals surface area contributed by atoms with Crippen LogP contribution in [0.4, 0.5) is 0 Å². The molecule has 2 N–H and O–H groups in total. The van der Waals surface area contributed by atoms with Gasteiger partial charge in [0, 0.05) is 18.9 Å². The number of hydrogen-bond donors (Lipinski definition) is 2. The molecule has 18 heavy (non-hydrogen) atoms. The van der Waals surface area contributed by atoms with Crippen molar-refractivity contribution in [1.29, 1.82) is 0 Å². The molecule has 0 atom stereocenters. The minimum Gasteiger partial charge on any atom is -0.396 e. The highest BCUT2D eigenvalue weighted by atomic mass is 32.2. The van der Waals surface area contributed by atoms with Gasteiger partial charge in [-0.15, -0.1) is 11.3 Å². The molecule has 0 fully saturated rings. The highest BCUT2D eigenvalue weighted by Crippen LogP contribution is 2.24. The normalized spacial score (nSPS) is 10.9. The Balaban J connectivity index is 2.30. The van der Waals surface area contributed by atoms with Gasteiger partial charge in [-0.1, -0.05) is 13.8 Å². The van der Waals surface area contributed by atoms with E-state index < -0.39 is 0 Å². The van der Waals surface area contributed by atoms with Crippen molar-refractivity contribution < 1.29 is 9.90 Å². The number of carbonyl (C=O) groups excluding carboxylic acids is 1. The molecule has 1 heterocycles. The Morgan fingerprint density at radius 1 is 1.50 bits per heavy atom. The number of amides is 1. The predicted octanol–water partition coefficient (Wildman–Crippen LogP) is 2.72. The lowest BCUT2D eigenvalue weighted by Crippen LogP contribution is -2.26. The van der Waals surface area contributed by atoms with Gasteiger partial charge in [0.2, 0.25) is 0 Å². The summed E-state index contributed by atoms with van der Waals surface area (Å²) in [5.41, 5.74) is 1.13. The van der Waals surface area contributed by atoms with Gasteiger partial charge < -0.3 is 10.4 Å². The number of thioether (sulfide) groups is 1. The van der Waals surface area contributed by atoms with Crippen LogP contribution < -0.4 is 5.32 Å². The Morgan fingerprint density at radius 2 is 2.28 bits per heavy atom. The number of aliphatic hydroxyl groups is 1. The van der Waals surface area contributed by atoms with Crippen LogP contribution in [0.25, 0.3) is 0 Å². The molecule has 0 aromatic carbocycles. The first kappa shape index (κ1) is 15.5. The number of hydrogen-bond acceptors (Lipinski definition) is 4. The topological polar surface area (TPSA) is 49.3 Å². The van der Waals surface area contributed by atoms with Crippen LogP contribution in [0.3, 0.4) is 0 Å². The SMILES string of the molecule is CC(C)c1ccsc1C(=O)NCCSCCCO. The molecular formula is C13H21NO2S2. The standard InChI is InChI=1S/C13H21NO2S2/c1-10(2)11-4-8-18-12(11)13(16)14-5-9-17-7-3-6-15/h4,8,10,15H,3,5-7,9H2,1-2H3,(H,14,16). The van der Waals surface area contributed by atoms with Gasteiger partial charge in [0.15, 0.2) is 0 Å². The summed E-state index contributed by atoms with van der Waals surface area (Å²) in [5, 5.41) is 13.6. The average Bonchev–Trinajstić information content (AvgIpc) is 2.82. The van der Waals surface area contributed by atoms with Gasteiger partial charge in [0.1, 0.15) is 0 Å². The second-order valence-corrected chi connectivity index (χ2v) is 6.45. The molecule has 1 aromatic rings. The average molecular weight is 287 g/mol. The van der Waals surface area contributed by atoms with Crippen LogP contribution >= 0.6 is 23.1 Å². The van der Waals surface area contributed by atoms with Crippen LogP contribution in [0.15, 0.2) is 11.4 Å². The second-order valence-electron chi connectivity index (χ2n) is 4.31. The molecule has 0 spiro atoms. The molecule has 0 aliphatic carbocycles. The van der Waals surface area contributed by atoms with E-state index in [1.165, 1.54) is 11.3 Å². The van der Waals surface area contributed by atoms with Crippen molar-refractivity contribution in [3.8, 4) is 0 Å². The van der Waals surface area contributed by atoms with E-state index >= 15 is 0 Å². The summed E-state index contributed by atoms with van der Waals surface area (Å²) in [5.74, 6) is 2.27. The van der Waals surface area contributed by atoms with Crippen LogP contribution in [0.5, 0.6) is 0 Å². The minimum absolute atomic E-state index is 0.0384. The largest absolute Gasteiger partial charge is 0.396 e. The molecule has 0 radical (unpaired) electrons. The quantitative estimate of drug-likeness (QED) is 0.723. The summed E-state index contributed by atoms with van der Waals surface area (Å²) in [4.78, 5) is 12.8. The number of aliphatic hydroxyl groups excluding tert-OH is 1. The van der Waals surface area contributed by atoms with E-state index in [9.17, 15) is 4.79 Å². The zero-order valence-corrected chi connectivity index (χ0v) is 12.6. The molecule has 3 nitrogen and oxygen atoms in total. The summed E-state index contributed by atoms with van der Waals surface area (Å²) in [6.07, 6.45) is 0.820. The van der Waals surface area contributed by atoms with E-state index in [1.807, 2.05) is 11.4 Å². The molecule has 1 aromatic heterocycles. The molecule has 0 unspecified atom stereocenters. The molecule has 0 saturated heterocycles. The molecule has 5 heteroatoms. The van der Waals surface area contributed by atoms with Crippen molar-refractivity contribution in [3.63, 3.8) is 0 Å². The lowest BCUT2D eigenvalue weighted by molar-refractivity contribution is 0.0959. The Labute approximate surface area is 117 Å². The number of nitrogens with one attached hydrogen (secondary N) is 1. The van der Waals surface area contributed by atoms with Gasteiger partial charge >= 0.3 is 0 Å². The van der Waals surface area contributed by atoms with Crippen LogP contribution in [-0.2, 0) is 0 Å². The third-order valence-corrected chi connectivity index (χ3v) is 4.50. The maximum atomic E-state index is 12.0. The van der Waals surface area contributed by atoms with Crippen molar-refractivity contribution in [2.24, 2.45) is 0 Å². The van der Waals surface area contributed by atoms with E-state index in [0.29, 0.717) is 12.5 Å². The monoisotopic (exact) mass is 287 g/mol. The van der Waals surface area contributed by atoms with Gasteiger partial charge in [0.25, 0.3) is 5.91 Å². The first-order chi connectivity index (χ1) is 8.66. The van der Waals surface area contributed by atoms with Gasteiger partial charge in [-0.25, -0.2) is 0 Å². The summed E-state index contributed by atoms with van der Waals surface area (Å²) < 4.78 is 0. The van der Waals surface area contributed by atoms with Crippen LogP contribution in [0, 0.1) is 0 Å².